The molecule has 6 heteroatoms. The molecule has 2 aromatic carbocycles. The second-order valence-electron chi connectivity index (χ2n) is 6.30. The van der Waals surface area contributed by atoms with E-state index in [-0.39, 0.29) is 11.5 Å². The Morgan fingerprint density at radius 3 is 2.21 bits per heavy atom. The molecule has 24 heavy (non-hydrogen) atoms. The van der Waals surface area contributed by atoms with Gasteiger partial charge in [0.25, 0.3) is 0 Å². The third-order valence-electron chi connectivity index (χ3n) is 4.73. The van der Waals surface area contributed by atoms with Gasteiger partial charge in [-0.2, -0.15) is 0 Å². The molecule has 0 unspecified atom stereocenters. The van der Waals surface area contributed by atoms with E-state index in [4.69, 9.17) is 10.5 Å². The van der Waals surface area contributed by atoms with Crippen molar-refractivity contribution in [2.45, 2.75) is 28.5 Å². The SMILES string of the molecule is COc1ccc([C@@H]2[C@@H](S(=O)(=O)c3ccc(C)cc3)[C@]2(N)CO)cc1. The summed E-state index contributed by atoms with van der Waals surface area (Å²) in [5.41, 5.74) is 6.83. The Bertz CT molecular complexity index is 830. The Kier molecular flexibility index (Phi) is 4.15. The van der Waals surface area contributed by atoms with Gasteiger partial charge < -0.3 is 15.6 Å². The minimum atomic E-state index is -3.63. The first kappa shape index (κ1) is 17.0. The lowest BCUT2D eigenvalue weighted by atomic mass is 10.1. The number of hydrogen-bond acceptors (Lipinski definition) is 5. The van der Waals surface area contributed by atoms with E-state index in [0.717, 1.165) is 11.1 Å². The second kappa shape index (κ2) is 5.88. The molecule has 5 nitrogen and oxygen atoms in total. The summed E-state index contributed by atoms with van der Waals surface area (Å²) in [7, 11) is -2.06. The van der Waals surface area contributed by atoms with E-state index < -0.39 is 26.5 Å². The maximum atomic E-state index is 13.0. The van der Waals surface area contributed by atoms with Gasteiger partial charge in [-0.15, -0.1) is 0 Å². The third kappa shape index (κ3) is 2.60. The average molecular weight is 347 g/mol. The van der Waals surface area contributed by atoms with Crippen LogP contribution in [0.2, 0.25) is 0 Å². The number of benzene rings is 2. The molecule has 0 saturated heterocycles. The van der Waals surface area contributed by atoms with E-state index in [0.29, 0.717) is 5.75 Å². The third-order valence-corrected chi connectivity index (χ3v) is 7.04. The predicted octanol–water partition coefficient (Wildman–Crippen LogP) is 1.63. The number of aryl methyl sites for hydroxylation is 1. The molecule has 3 rings (SSSR count). The Morgan fingerprint density at radius 1 is 1.12 bits per heavy atom. The van der Waals surface area contributed by atoms with Gasteiger partial charge in [0, 0.05) is 5.92 Å². The summed E-state index contributed by atoms with van der Waals surface area (Å²) in [4.78, 5) is 0.234. The minimum absolute atomic E-state index is 0.234. The van der Waals surface area contributed by atoms with Crippen LogP contribution in [0, 0.1) is 6.92 Å². The van der Waals surface area contributed by atoms with Gasteiger partial charge in [-0.1, -0.05) is 29.8 Å². The number of aliphatic hydroxyl groups is 1. The van der Waals surface area contributed by atoms with E-state index in [1.54, 1.807) is 55.6 Å². The van der Waals surface area contributed by atoms with Gasteiger partial charge >= 0.3 is 0 Å². The molecule has 1 aliphatic carbocycles. The number of aliphatic hydroxyl groups excluding tert-OH is 1. The molecule has 1 aliphatic rings. The summed E-state index contributed by atoms with van der Waals surface area (Å²) >= 11 is 0. The largest absolute Gasteiger partial charge is 0.497 e. The molecule has 0 aromatic heterocycles. The van der Waals surface area contributed by atoms with Crippen molar-refractivity contribution in [1.29, 1.82) is 0 Å². The minimum Gasteiger partial charge on any atom is -0.497 e. The Balaban J connectivity index is 1.98. The molecular weight excluding hydrogens is 326 g/mol. The Labute approximate surface area is 142 Å². The predicted molar refractivity (Wildman–Crippen MR) is 91.9 cm³/mol. The first-order valence-corrected chi connectivity index (χ1v) is 9.23. The molecule has 0 spiro atoms. The van der Waals surface area contributed by atoms with Gasteiger partial charge in [0.05, 0.1) is 29.4 Å². The average Bonchev–Trinajstić information content (AvgIpc) is 3.23. The lowest BCUT2D eigenvalue weighted by Crippen LogP contribution is -2.35. The summed E-state index contributed by atoms with van der Waals surface area (Å²) in [5.74, 6) is 0.240. The van der Waals surface area contributed by atoms with E-state index in [1.165, 1.54) is 0 Å². The zero-order valence-corrected chi connectivity index (χ0v) is 14.5. The molecule has 2 aromatic rings. The number of ether oxygens (including phenoxy) is 1. The van der Waals surface area contributed by atoms with Crippen LogP contribution < -0.4 is 10.5 Å². The first-order valence-electron chi connectivity index (χ1n) is 7.69. The standard InChI is InChI=1S/C18H21NO4S/c1-12-3-9-15(10-4-12)24(21,22)17-16(18(17,19)11-20)13-5-7-14(23-2)8-6-13/h3-10,16-17,20H,11,19H2,1-2H3/t16-,17-,18+/m1/s1. The Morgan fingerprint density at radius 2 is 1.71 bits per heavy atom. The van der Waals surface area contributed by atoms with Crippen molar-refractivity contribution in [2.24, 2.45) is 5.73 Å². The smallest absolute Gasteiger partial charge is 0.183 e. The molecule has 128 valence electrons. The van der Waals surface area contributed by atoms with Crippen molar-refractivity contribution in [3.63, 3.8) is 0 Å². The van der Waals surface area contributed by atoms with Crippen LogP contribution in [0.1, 0.15) is 17.0 Å². The molecule has 0 bridgehead atoms. The fourth-order valence-corrected chi connectivity index (χ4v) is 5.55. The lowest BCUT2D eigenvalue weighted by molar-refractivity contribution is 0.253. The number of sulfone groups is 1. The molecule has 3 N–H and O–H groups in total. The van der Waals surface area contributed by atoms with E-state index >= 15 is 0 Å². The number of methoxy groups -OCH3 is 1. The highest BCUT2D eigenvalue weighted by Crippen LogP contribution is 2.55. The molecule has 0 heterocycles. The maximum Gasteiger partial charge on any atom is 0.183 e. The van der Waals surface area contributed by atoms with E-state index in [9.17, 15) is 13.5 Å². The monoisotopic (exact) mass is 347 g/mol. The highest BCUT2D eigenvalue weighted by Gasteiger charge is 2.69. The van der Waals surface area contributed by atoms with Crippen molar-refractivity contribution in [3.05, 3.63) is 59.7 Å². The van der Waals surface area contributed by atoms with Gasteiger partial charge in [-0.3, -0.25) is 0 Å². The van der Waals surface area contributed by atoms with Crippen LogP contribution in [0.5, 0.6) is 5.75 Å². The van der Waals surface area contributed by atoms with Crippen LogP contribution >= 0.6 is 0 Å². The molecule has 1 saturated carbocycles. The summed E-state index contributed by atoms with van der Waals surface area (Å²) < 4.78 is 31.1. The van der Waals surface area contributed by atoms with E-state index in [1.807, 2.05) is 6.92 Å². The van der Waals surface area contributed by atoms with Gasteiger partial charge in [-0.25, -0.2) is 8.42 Å². The van der Waals surface area contributed by atoms with Crippen LogP contribution in [-0.4, -0.2) is 38.0 Å². The number of rotatable bonds is 5. The zero-order valence-electron chi connectivity index (χ0n) is 13.6. The van der Waals surface area contributed by atoms with Crippen LogP contribution in [-0.2, 0) is 9.84 Å². The van der Waals surface area contributed by atoms with Gasteiger partial charge in [0.15, 0.2) is 9.84 Å². The van der Waals surface area contributed by atoms with Crippen LogP contribution in [0.4, 0.5) is 0 Å². The summed E-state index contributed by atoms with van der Waals surface area (Å²) in [6.07, 6.45) is 0. The normalized spacial score (nSPS) is 26.2. The maximum absolute atomic E-state index is 13.0. The molecule has 3 atom stereocenters. The van der Waals surface area contributed by atoms with Crippen LogP contribution in [0.25, 0.3) is 0 Å². The van der Waals surface area contributed by atoms with Gasteiger partial charge in [-0.05, 0) is 36.8 Å². The van der Waals surface area contributed by atoms with Crippen molar-refractivity contribution in [2.75, 3.05) is 13.7 Å². The first-order chi connectivity index (χ1) is 11.3. The summed E-state index contributed by atoms with van der Waals surface area (Å²) in [6, 6.07) is 13.8. The topological polar surface area (TPSA) is 89.6 Å². The van der Waals surface area contributed by atoms with Crippen molar-refractivity contribution in [3.8, 4) is 5.75 Å². The molecule has 0 aliphatic heterocycles. The van der Waals surface area contributed by atoms with Gasteiger partial charge in [0.2, 0.25) is 0 Å². The number of hydrogen-bond donors (Lipinski definition) is 2. The highest BCUT2D eigenvalue weighted by atomic mass is 32.2. The van der Waals surface area contributed by atoms with Crippen molar-refractivity contribution >= 4 is 9.84 Å². The summed E-state index contributed by atoms with van der Waals surface area (Å²) in [5, 5.41) is 8.87. The molecule has 0 amide bonds. The van der Waals surface area contributed by atoms with Crippen LogP contribution in [0.15, 0.2) is 53.4 Å². The van der Waals surface area contributed by atoms with E-state index in [2.05, 4.69) is 0 Å². The fourth-order valence-electron chi connectivity index (χ4n) is 3.25. The van der Waals surface area contributed by atoms with Crippen molar-refractivity contribution < 1.29 is 18.3 Å². The molecular formula is C18H21NO4S. The molecule has 0 radical (unpaired) electrons. The quantitative estimate of drug-likeness (QED) is 0.858. The Hall–Kier alpha value is -1.89. The zero-order chi connectivity index (χ0) is 17.5. The number of nitrogens with two attached hydrogens (primary N) is 1. The fraction of sp³-hybridized carbons (Fsp3) is 0.333. The molecule has 1 fully saturated rings. The van der Waals surface area contributed by atoms with Gasteiger partial charge in [0.1, 0.15) is 5.75 Å². The highest BCUT2D eigenvalue weighted by molar-refractivity contribution is 7.92. The summed E-state index contributed by atoms with van der Waals surface area (Å²) in [6.45, 7) is 1.51. The van der Waals surface area contributed by atoms with Crippen LogP contribution in [0.3, 0.4) is 0 Å². The lowest BCUT2D eigenvalue weighted by Gasteiger charge is -2.08. The van der Waals surface area contributed by atoms with Crippen molar-refractivity contribution in [1.82, 2.24) is 0 Å². The second-order valence-corrected chi connectivity index (χ2v) is 8.37.